The zero-order valence-corrected chi connectivity index (χ0v) is 12.9. The highest BCUT2D eigenvalue weighted by Crippen LogP contribution is 2.43. The zero-order chi connectivity index (χ0) is 15.5. The lowest BCUT2D eigenvalue weighted by Gasteiger charge is -2.24. The Morgan fingerprint density at radius 2 is 2.09 bits per heavy atom. The van der Waals surface area contributed by atoms with Crippen molar-refractivity contribution < 1.29 is 19.3 Å². The van der Waals surface area contributed by atoms with Crippen molar-refractivity contribution in [3.8, 4) is 0 Å². The van der Waals surface area contributed by atoms with E-state index < -0.39 is 18.1 Å². The van der Waals surface area contributed by atoms with E-state index in [1.807, 2.05) is 30.7 Å². The SMILES string of the molecule is CC1(C)O[C@@H]2[C@H](O1)C(CO)O[C@H]2n1ccc2c(Cl)ncnc21. The number of ether oxygens (including phenoxy) is 3. The van der Waals surface area contributed by atoms with Gasteiger partial charge in [-0.25, -0.2) is 9.97 Å². The fourth-order valence-electron chi connectivity index (χ4n) is 3.18. The number of aliphatic hydroxyl groups is 1. The predicted molar refractivity (Wildman–Crippen MR) is 77.4 cm³/mol. The van der Waals surface area contributed by atoms with Crippen LogP contribution in [0.3, 0.4) is 0 Å². The lowest BCUT2D eigenvalue weighted by Crippen LogP contribution is -2.31. The Labute approximate surface area is 131 Å². The molecule has 2 aliphatic heterocycles. The van der Waals surface area contributed by atoms with Gasteiger partial charge >= 0.3 is 0 Å². The van der Waals surface area contributed by atoms with Crippen molar-refractivity contribution in [2.24, 2.45) is 0 Å². The molecule has 0 radical (unpaired) electrons. The van der Waals surface area contributed by atoms with Crippen molar-refractivity contribution in [2.45, 2.75) is 44.2 Å². The fraction of sp³-hybridized carbons (Fsp3) is 0.571. The molecule has 0 amide bonds. The van der Waals surface area contributed by atoms with Crippen LogP contribution < -0.4 is 0 Å². The summed E-state index contributed by atoms with van der Waals surface area (Å²) in [6, 6.07) is 1.84. The molecule has 0 aromatic carbocycles. The number of nitrogens with zero attached hydrogens (tertiary/aromatic N) is 3. The third-order valence-corrected chi connectivity index (χ3v) is 4.34. The average molecular weight is 326 g/mol. The number of hydrogen-bond acceptors (Lipinski definition) is 6. The van der Waals surface area contributed by atoms with Gasteiger partial charge in [0.15, 0.2) is 12.0 Å². The van der Waals surface area contributed by atoms with E-state index in [2.05, 4.69) is 9.97 Å². The van der Waals surface area contributed by atoms with E-state index >= 15 is 0 Å². The van der Waals surface area contributed by atoms with Crippen molar-refractivity contribution in [3.63, 3.8) is 0 Å². The van der Waals surface area contributed by atoms with Crippen molar-refractivity contribution in [1.29, 1.82) is 0 Å². The summed E-state index contributed by atoms with van der Waals surface area (Å²) in [5.74, 6) is -0.708. The Bertz CT molecular complexity index is 719. The average Bonchev–Trinajstić information content (AvgIpc) is 3.10. The summed E-state index contributed by atoms with van der Waals surface area (Å²) < 4.78 is 19.6. The van der Waals surface area contributed by atoms with Crippen LogP contribution in [-0.4, -0.2) is 50.3 Å². The first kappa shape index (κ1) is 14.3. The molecule has 2 fully saturated rings. The van der Waals surface area contributed by atoms with Crippen molar-refractivity contribution in [3.05, 3.63) is 23.7 Å². The van der Waals surface area contributed by atoms with Crippen molar-refractivity contribution in [1.82, 2.24) is 14.5 Å². The molecular weight excluding hydrogens is 310 g/mol. The van der Waals surface area contributed by atoms with Gasteiger partial charge in [-0.05, 0) is 19.9 Å². The van der Waals surface area contributed by atoms with Crippen LogP contribution in [0.25, 0.3) is 11.0 Å². The second kappa shape index (κ2) is 4.87. The first-order valence-corrected chi connectivity index (χ1v) is 7.47. The summed E-state index contributed by atoms with van der Waals surface area (Å²) in [5, 5.41) is 10.7. The molecule has 0 aliphatic carbocycles. The molecule has 4 rings (SSSR count). The molecule has 0 bridgehead atoms. The van der Waals surface area contributed by atoms with E-state index in [0.717, 1.165) is 5.39 Å². The molecule has 2 aromatic rings. The molecule has 118 valence electrons. The maximum atomic E-state index is 9.54. The molecule has 1 N–H and O–H groups in total. The summed E-state index contributed by atoms with van der Waals surface area (Å²) in [4.78, 5) is 8.25. The first-order valence-electron chi connectivity index (χ1n) is 7.09. The first-order chi connectivity index (χ1) is 10.5. The molecule has 7 nitrogen and oxygen atoms in total. The number of aliphatic hydroxyl groups excluding tert-OH is 1. The van der Waals surface area contributed by atoms with Gasteiger partial charge in [0.05, 0.1) is 12.0 Å². The molecule has 8 heteroatoms. The van der Waals surface area contributed by atoms with Crippen LogP contribution in [0.1, 0.15) is 20.1 Å². The second-order valence-corrected chi connectivity index (χ2v) is 6.30. The van der Waals surface area contributed by atoms with Gasteiger partial charge in [-0.15, -0.1) is 0 Å². The minimum absolute atomic E-state index is 0.133. The fourth-order valence-corrected chi connectivity index (χ4v) is 3.37. The Hall–Kier alpha value is -1.25. The largest absolute Gasteiger partial charge is 0.394 e. The molecule has 0 spiro atoms. The highest BCUT2D eigenvalue weighted by atomic mass is 35.5. The molecule has 22 heavy (non-hydrogen) atoms. The highest BCUT2D eigenvalue weighted by molar-refractivity contribution is 6.33. The number of aromatic nitrogens is 3. The predicted octanol–water partition coefficient (Wildman–Crippen LogP) is 1.49. The van der Waals surface area contributed by atoms with Crippen LogP contribution in [-0.2, 0) is 14.2 Å². The Kier molecular flexibility index (Phi) is 3.18. The molecule has 4 atom stereocenters. The van der Waals surface area contributed by atoms with E-state index in [4.69, 9.17) is 25.8 Å². The third-order valence-electron chi connectivity index (χ3n) is 4.04. The summed E-state index contributed by atoms with van der Waals surface area (Å²) in [6.07, 6.45) is 1.73. The highest BCUT2D eigenvalue weighted by Gasteiger charge is 2.55. The summed E-state index contributed by atoms with van der Waals surface area (Å²) in [5.41, 5.74) is 0.663. The van der Waals surface area contributed by atoms with Crippen LogP contribution >= 0.6 is 11.6 Å². The minimum atomic E-state index is -0.708. The van der Waals surface area contributed by atoms with E-state index in [0.29, 0.717) is 10.8 Å². The lowest BCUT2D eigenvalue weighted by atomic mass is 10.1. The normalized spacial score (nSPS) is 33.5. The minimum Gasteiger partial charge on any atom is -0.394 e. The van der Waals surface area contributed by atoms with Gasteiger partial charge in [0.25, 0.3) is 0 Å². The smallest absolute Gasteiger partial charge is 0.164 e. The molecule has 1 unspecified atom stereocenters. The van der Waals surface area contributed by atoms with Crippen LogP contribution in [0.2, 0.25) is 5.15 Å². The second-order valence-electron chi connectivity index (χ2n) is 5.94. The monoisotopic (exact) mass is 325 g/mol. The molecule has 2 aliphatic rings. The van der Waals surface area contributed by atoms with E-state index in [1.165, 1.54) is 6.33 Å². The van der Waals surface area contributed by atoms with Gasteiger partial charge < -0.3 is 23.9 Å². The maximum absolute atomic E-state index is 9.54. The maximum Gasteiger partial charge on any atom is 0.164 e. The Morgan fingerprint density at radius 3 is 2.86 bits per heavy atom. The summed E-state index contributed by atoms with van der Waals surface area (Å²) in [6.45, 7) is 3.57. The number of hydrogen-bond donors (Lipinski definition) is 1. The van der Waals surface area contributed by atoms with Crippen molar-refractivity contribution in [2.75, 3.05) is 6.61 Å². The zero-order valence-electron chi connectivity index (χ0n) is 12.1. The topological polar surface area (TPSA) is 78.6 Å². The molecule has 2 saturated heterocycles. The number of halogens is 1. The quantitative estimate of drug-likeness (QED) is 0.843. The van der Waals surface area contributed by atoms with Gasteiger partial charge in [-0.1, -0.05) is 11.6 Å². The summed E-state index contributed by atoms with van der Waals surface area (Å²) >= 11 is 6.09. The lowest BCUT2D eigenvalue weighted by molar-refractivity contribution is -0.199. The van der Waals surface area contributed by atoms with E-state index in [9.17, 15) is 5.11 Å². The van der Waals surface area contributed by atoms with E-state index in [-0.39, 0.29) is 18.8 Å². The van der Waals surface area contributed by atoms with Crippen LogP contribution in [0.4, 0.5) is 0 Å². The van der Waals surface area contributed by atoms with Gasteiger partial charge in [0.2, 0.25) is 0 Å². The Balaban J connectivity index is 1.77. The van der Waals surface area contributed by atoms with Gasteiger partial charge in [-0.2, -0.15) is 0 Å². The van der Waals surface area contributed by atoms with Crippen LogP contribution in [0, 0.1) is 0 Å². The third kappa shape index (κ3) is 2.04. The molecular formula is C14H16ClN3O4. The summed E-state index contributed by atoms with van der Waals surface area (Å²) in [7, 11) is 0. The standard InChI is InChI=1S/C14H16ClN3O4/c1-14(2)21-9-8(5-19)20-13(10(9)22-14)18-4-3-7-11(15)16-6-17-12(7)18/h3-4,6,8-10,13,19H,5H2,1-2H3/t8?,9-,10-,13-/m1/s1. The molecule has 0 saturated carbocycles. The van der Waals surface area contributed by atoms with Crippen molar-refractivity contribution >= 4 is 22.6 Å². The number of rotatable bonds is 2. The van der Waals surface area contributed by atoms with Crippen LogP contribution in [0.5, 0.6) is 0 Å². The van der Waals surface area contributed by atoms with Gasteiger partial charge in [0.1, 0.15) is 35.4 Å². The van der Waals surface area contributed by atoms with E-state index in [1.54, 1.807) is 0 Å². The Morgan fingerprint density at radius 1 is 1.32 bits per heavy atom. The van der Waals surface area contributed by atoms with Gasteiger partial charge in [0, 0.05) is 6.20 Å². The molecule has 4 heterocycles. The van der Waals surface area contributed by atoms with Crippen LogP contribution in [0.15, 0.2) is 18.6 Å². The van der Waals surface area contributed by atoms with Gasteiger partial charge in [-0.3, -0.25) is 0 Å². The molecule has 2 aromatic heterocycles. The number of fused-ring (bicyclic) bond motifs is 2.